The molecule has 3 N–H and O–H groups in total. The minimum absolute atomic E-state index is 0.217. The Morgan fingerprint density at radius 3 is 2.83 bits per heavy atom. The van der Waals surface area contributed by atoms with Gasteiger partial charge in [-0.15, -0.1) is 6.58 Å². The van der Waals surface area contributed by atoms with E-state index >= 15 is 0 Å². The monoisotopic (exact) mass is 172 g/mol. The van der Waals surface area contributed by atoms with Gasteiger partial charge in [-0.25, -0.2) is 0 Å². The van der Waals surface area contributed by atoms with Gasteiger partial charge >= 0.3 is 0 Å². The van der Waals surface area contributed by atoms with Gasteiger partial charge in [-0.1, -0.05) is 6.08 Å². The Labute approximate surface area is 74.9 Å². The van der Waals surface area contributed by atoms with Crippen LogP contribution in [-0.4, -0.2) is 37.4 Å². The molecule has 0 aromatic heterocycles. The third kappa shape index (κ3) is 7.72. The van der Waals surface area contributed by atoms with E-state index in [1.807, 2.05) is 6.08 Å². The van der Waals surface area contributed by atoms with Gasteiger partial charge in [-0.2, -0.15) is 0 Å². The second kappa shape index (κ2) is 8.71. The lowest BCUT2D eigenvalue weighted by atomic mass is 10.2. The van der Waals surface area contributed by atoms with Gasteiger partial charge in [-0.3, -0.25) is 0 Å². The summed E-state index contributed by atoms with van der Waals surface area (Å²) >= 11 is 0. The molecule has 3 nitrogen and oxygen atoms in total. The maximum absolute atomic E-state index is 8.48. The van der Waals surface area contributed by atoms with Gasteiger partial charge in [0.1, 0.15) is 0 Å². The van der Waals surface area contributed by atoms with Crippen molar-refractivity contribution in [2.45, 2.75) is 19.4 Å². The van der Waals surface area contributed by atoms with Crippen LogP contribution >= 0.6 is 0 Å². The first-order valence-electron chi connectivity index (χ1n) is 4.47. The predicted molar refractivity (Wildman–Crippen MR) is 52.2 cm³/mol. The second-order valence-electron chi connectivity index (χ2n) is 2.86. The number of hydrogen-bond acceptors (Lipinski definition) is 3. The van der Waals surface area contributed by atoms with Crippen molar-refractivity contribution in [3.63, 3.8) is 0 Å². The molecule has 0 heterocycles. The lowest BCUT2D eigenvalue weighted by molar-refractivity contribution is 0.291. The van der Waals surface area contributed by atoms with Crippen molar-refractivity contribution in [2.24, 2.45) is 0 Å². The maximum Gasteiger partial charge on any atom is 0.0555 e. The molecule has 0 radical (unpaired) electrons. The van der Waals surface area contributed by atoms with Crippen LogP contribution in [0.4, 0.5) is 0 Å². The third-order valence-corrected chi connectivity index (χ3v) is 1.65. The van der Waals surface area contributed by atoms with Gasteiger partial charge in [0, 0.05) is 19.1 Å². The lowest BCUT2D eigenvalue weighted by Crippen LogP contribution is -2.30. The fourth-order valence-corrected chi connectivity index (χ4v) is 0.909. The molecule has 1 atom stereocenters. The molecular weight excluding hydrogens is 152 g/mol. The average Bonchev–Trinajstić information content (AvgIpc) is 2.09. The normalized spacial score (nSPS) is 12.8. The van der Waals surface area contributed by atoms with E-state index in [1.165, 1.54) is 0 Å². The van der Waals surface area contributed by atoms with Crippen LogP contribution in [-0.2, 0) is 0 Å². The van der Waals surface area contributed by atoms with Crippen LogP contribution in [0.15, 0.2) is 12.7 Å². The van der Waals surface area contributed by atoms with Gasteiger partial charge in [-0.05, 0) is 19.9 Å². The highest BCUT2D eigenvalue weighted by atomic mass is 16.3. The Bertz CT molecular complexity index is 107. The highest BCUT2D eigenvalue weighted by Crippen LogP contribution is 1.87. The molecular formula is C9H20N2O. The molecule has 0 saturated heterocycles. The number of aliphatic hydroxyl groups excluding tert-OH is 1. The van der Waals surface area contributed by atoms with E-state index in [0.29, 0.717) is 12.6 Å². The van der Waals surface area contributed by atoms with Gasteiger partial charge in [0.15, 0.2) is 0 Å². The molecule has 0 aliphatic carbocycles. The number of rotatable bonds is 8. The van der Waals surface area contributed by atoms with Crippen LogP contribution in [0.25, 0.3) is 0 Å². The molecule has 0 fully saturated rings. The summed E-state index contributed by atoms with van der Waals surface area (Å²) < 4.78 is 0. The summed E-state index contributed by atoms with van der Waals surface area (Å²) in [5.74, 6) is 0. The van der Waals surface area contributed by atoms with Gasteiger partial charge in [0.2, 0.25) is 0 Å². The highest BCUT2D eigenvalue weighted by molar-refractivity contribution is 4.73. The first kappa shape index (κ1) is 11.6. The average molecular weight is 172 g/mol. The minimum atomic E-state index is 0.217. The summed E-state index contributed by atoms with van der Waals surface area (Å²) in [5, 5.41) is 14.9. The Balaban J connectivity index is 3.07. The van der Waals surface area contributed by atoms with Crippen LogP contribution in [0.2, 0.25) is 0 Å². The highest BCUT2D eigenvalue weighted by Gasteiger charge is 1.97. The molecule has 72 valence electrons. The molecule has 1 unspecified atom stereocenters. The fraction of sp³-hybridized carbons (Fsp3) is 0.778. The van der Waals surface area contributed by atoms with E-state index in [9.17, 15) is 0 Å². The standard InChI is InChI=1S/C9H20N2O/c1-3-5-11-9(2)4-6-10-7-8-12/h3,9-12H,1,4-8H2,2H3. The molecule has 0 aliphatic heterocycles. The molecule has 0 saturated carbocycles. The zero-order chi connectivity index (χ0) is 9.23. The Hall–Kier alpha value is -0.380. The Morgan fingerprint density at radius 2 is 2.25 bits per heavy atom. The largest absolute Gasteiger partial charge is 0.395 e. The number of hydrogen-bond donors (Lipinski definition) is 3. The van der Waals surface area contributed by atoms with E-state index < -0.39 is 0 Å². The molecule has 12 heavy (non-hydrogen) atoms. The van der Waals surface area contributed by atoms with Crippen LogP contribution in [0, 0.1) is 0 Å². The van der Waals surface area contributed by atoms with Crippen LogP contribution in [0.5, 0.6) is 0 Å². The number of nitrogens with one attached hydrogen (secondary N) is 2. The Kier molecular flexibility index (Phi) is 8.44. The third-order valence-electron chi connectivity index (χ3n) is 1.65. The second-order valence-corrected chi connectivity index (χ2v) is 2.86. The molecule has 0 amide bonds. The van der Waals surface area contributed by atoms with Crippen molar-refractivity contribution in [1.29, 1.82) is 0 Å². The zero-order valence-corrected chi connectivity index (χ0v) is 7.84. The van der Waals surface area contributed by atoms with Crippen molar-refractivity contribution in [1.82, 2.24) is 10.6 Å². The lowest BCUT2D eigenvalue weighted by Gasteiger charge is -2.11. The maximum atomic E-state index is 8.48. The van der Waals surface area contributed by atoms with Crippen molar-refractivity contribution < 1.29 is 5.11 Å². The first-order valence-corrected chi connectivity index (χ1v) is 4.47. The summed E-state index contributed by atoms with van der Waals surface area (Å²) in [4.78, 5) is 0. The van der Waals surface area contributed by atoms with Crippen molar-refractivity contribution in [2.75, 3.05) is 26.2 Å². The van der Waals surface area contributed by atoms with Crippen molar-refractivity contribution in [3.05, 3.63) is 12.7 Å². The topological polar surface area (TPSA) is 44.3 Å². The van der Waals surface area contributed by atoms with Crippen LogP contribution in [0.1, 0.15) is 13.3 Å². The molecule has 0 aromatic carbocycles. The number of aliphatic hydroxyl groups is 1. The molecule has 3 heteroatoms. The quantitative estimate of drug-likeness (QED) is 0.360. The summed E-state index contributed by atoms with van der Waals surface area (Å²) in [5.41, 5.74) is 0. The van der Waals surface area contributed by atoms with E-state index in [4.69, 9.17) is 5.11 Å². The van der Waals surface area contributed by atoms with E-state index in [-0.39, 0.29) is 6.61 Å². The van der Waals surface area contributed by atoms with Crippen molar-refractivity contribution in [3.8, 4) is 0 Å². The first-order chi connectivity index (χ1) is 5.81. The van der Waals surface area contributed by atoms with E-state index in [0.717, 1.165) is 19.5 Å². The minimum Gasteiger partial charge on any atom is -0.395 e. The van der Waals surface area contributed by atoms with Crippen molar-refractivity contribution >= 4 is 0 Å². The molecule has 0 rings (SSSR count). The van der Waals surface area contributed by atoms with Crippen LogP contribution in [0.3, 0.4) is 0 Å². The SMILES string of the molecule is C=CCNC(C)CCNCCO. The summed E-state index contributed by atoms with van der Waals surface area (Å²) in [6.45, 7) is 8.49. The van der Waals surface area contributed by atoms with E-state index in [2.05, 4.69) is 24.1 Å². The molecule has 0 bridgehead atoms. The molecule has 0 aromatic rings. The Morgan fingerprint density at radius 1 is 1.50 bits per heavy atom. The van der Waals surface area contributed by atoms with Crippen LogP contribution < -0.4 is 10.6 Å². The zero-order valence-electron chi connectivity index (χ0n) is 7.84. The van der Waals surface area contributed by atoms with E-state index in [1.54, 1.807) is 0 Å². The summed E-state index contributed by atoms with van der Waals surface area (Å²) in [6.07, 6.45) is 2.94. The van der Waals surface area contributed by atoms with Gasteiger partial charge < -0.3 is 15.7 Å². The summed E-state index contributed by atoms with van der Waals surface area (Å²) in [7, 11) is 0. The van der Waals surface area contributed by atoms with Gasteiger partial charge in [0.25, 0.3) is 0 Å². The predicted octanol–water partition coefficient (Wildman–Crippen LogP) is 0.123. The molecule has 0 aliphatic rings. The van der Waals surface area contributed by atoms with Gasteiger partial charge in [0.05, 0.1) is 6.61 Å². The smallest absolute Gasteiger partial charge is 0.0555 e. The summed E-state index contributed by atoms with van der Waals surface area (Å²) in [6, 6.07) is 0.509. The molecule has 0 spiro atoms. The fourth-order valence-electron chi connectivity index (χ4n) is 0.909.